The number of sulfone groups is 1. The lowest BCUT2D eigenvalue weighted by Crippen LogP contribution is -2.62. The van der Waals surface area contributed by atoms with Gasteiger partial charge in [-0.25, -0.2) is 8.42 Å². The second kappa shape index (κ2) is 6.16. The molecule has 8 heteroatoms. The van der Waals surface area contributed by atoms with Gasteiger partial charge in [0.2, 0.25) is 5.91 Å². The molecule has 0 saturated carbocycles. The topological polar surface area (TPSA) is 87.7 Å². The number of piperazine rings is 1. The number of hydrogen-bond acceptors (Lipinski definition) is 5. The summed E-state index contributed by atoms with van der Waals surface area (Å²) in [5, 5.41) is 0. The summed E-state index contributed by atoms with van der Waals surface area (Å²) in [5.74, 6) is -0.622. The van der Waals surface area contributed by atoms with Gasteiger partial charge >= 0.3 is 0 Å². The maximum absolute atomic E-state index is 12.8. The van der Waals surface area contributed by atoms with E-state index in [4.69, 9.17) is 0 Å². The van der Waals surface area contributed by atoms with E-state index in [1.807, 2.05) is 0 Å². The van der Waals surface area contributed by atoms with Crippen LogP contribution in [-0.2, 0) is 14.6 Å². The summed E-state index contributed by atoms with van der Waals surface area (Å²) in [7, 11) is -3.27. The van der Waals surface area contributed by atoms with Crippen LogP contribution < -0.4 is 0 Å². The molecule has 1 aromatic rings. The largest absolute Gasteiger partial charge is 0.335 e. The minimum atomic E-state index is -3.27. The molecular weight excluding hydrogens is 330 g/mol. The highest BCUT2D eigenvalue weighted by Crippen LogP contribution is 2.29. The Kier molecular flexibility index (Phi) is 4.33. The number of nitrogens with zero attached hydrogens (tertiary/aromatic N) is 3. The zero-order valence-electron chi connectivity index (χ0n) is 13.8. The van der Waals surface area contributed by atoms with Gasteiger partial charge in [0, 0.05) is 37.0 Å². The Hall–Kier alpha value is -1.96. The first kappa shape index (κ1) is 16.9. The lowest BCUT2D eigenvalue weighted by molar-refractivity contribution is -0.139. The van der Waals surface area contributed by atoms with Crippen LogP contribution in [0.5, 0.6) is 0 Å². The van der Waals surface area contributed by atoms with Gasteiger partial charge < -0.3 is 9.80 Å². The standard InChI is InChI=1S/C16H21N3O4S/c1-11(2)15(20)18-7-8-19(14-10-24(22,23)9-13(14)18)16(21)12-3-5-17-6-4-12/h3-6,11,13-14H,7-10H2,1-2H3/t13-,14+/m1/s1. The van der Waals surface area contributed by atoms with E-state index >= 15 is 0 Å². The Morgan fingerprint density at radius 1 is 1.08 bits per heavy atom. The second-order valence-electron chi connectivity index (χ2n) is 6.63. The normalized spacial score (nSPS) is 25.6. The van der Waals surface area contributed by atoms with Gasteiger partial charge in [0.05, 0.1) is 23.6 Å². The summed E-state index contributed by atoms with van der Waals surface area (Å²) in [5.41, 5.74) is 0.483. The lowest BCUT2D eigenvalue weighted by atomic mass is 10.0. The van der Waals surface area contributed by atoms with Crippen LogP contribution in [0.25, 0.3) is 0 Å². The van der Waals surface area contributed by atoms with Crippen molar-refractivity contribution in [3.8, 4) is 0 Å². The summed E-state index contributed by atoms with van der Waals surface area (Å²) < 4.78 is 24.3. The van der Waals surface area contributed by atoms with Crippen LogP contribution in [0.15, 0.2) is 24.5 Å². The Balaban J connectivity index is 1.90. The van der Waals surface area contributed by atoms with Gasteiger partial charge in [-0.2, -0.15) is 0 Å². The van der Waals surface area contributed by atoms with E-state index in [1.54, 1.807) is 35.8 Å². The fourth-order valence-electron chi connectivity index (χ4n) is 3.47. The number of carbonyl (C=O) groups is 2. The van der Waals surface area contributed by atoms with Crippen molar-refractivity contribution < 1.29 is 18.0 Å². The van der Waals surface area contributed by atoms with Gasteiger partial charge in [0.1, 0.15) is 0 Å². The van der Waals surface area contributed by atoms with Gasteiger partial charge in [-0.1, -0.05) is 13.8 Å². The third-order valence-corrected chi connectivity index (χ3v) is 6.34. The van der Waals surface area contributed by atoms with E-state index in [1.165, 1.54) is 12.4 Å². The molecule has 130 valence electrons. The molecule has 2 fully saturated rings. The maximum Gasteiger partial charge on any atom is 0.254 e. The van der Waals surface area contributed by atoms with Crippen molar-refractivity contribution in [3.05, 3.63) is 30.1 Å². The average Bonchev–Trinajstić information content (AvgIpc) is 2.88. The van der Waals surface area contributed by atoms with E-state index in [2.05, 4.69) is 4.98 Å². The molecule has 2 saturated heterocycles. The minimum absolute atomic E-state index is 0.0573. The molecule has 2 amide bonds. The molecule has 2 atom stereocenters. The van der Waals surface area contributed by atoms with Crippen LogP contribution in [0.3, 0.4) is 0 Å². The van der Waals surface area contributed by atoms with Crippen LogP contribution in [-0.4, -0.2) is 71.7 Å². The smallest absolute Gasteiger partial charge is 0.254 e. The molecule has 2 aliphatic rings. The van der Waals surface area contributed by atoms with Gasteiger partial charge in [-0.05, 0) is 12.1 Å². The summed E-state index contributed by atoms with van der Waals surface area (Å²) in [6.45, 7) is 4.31. The van der Waals surface area contributed by atoms with Crippen LogP contribution in [0.4, 0.5) is 0 Å². The monoisotopic (exact) mass is 351 g/mol. The fourth-order valence-corrected chi connectivity index (χ4v) is 5.45. The molecule has 0 radical (unpaired) electrons. The van der Waals surface area contributed by atoms with Crippen molar-refractivity contribution in [1.29, 1.82) is 0 Å². The summed E-state index contributed by atoms with van der Waals surface area (Å²) in [6, 6.07) is 2.30. The number of rotatable bonds is 2. The molecule has 2 aliphatic heterocycles. The lowest BCUT2D eigenvalue weighted by Gasteiger charge is -2.44. The predicted octanol–water partition coefficient (Wildman–Crippen LogP) is 0.188. The fraction of sp³-hybridized carbons (Fsp3) is 0.562. The quantitative estimate of drug-likeness (QED) is 0.759. The summed E-state index contributed by atoms with van der Waals surface area (Å²) in [6.07, 6.45) is 3.07. The zero-order chi connectivity index (χ0) is 17.5. The third-order valence-electron chi connectivity index (χ3n) is 4.64. The average molecular weight is 351 g/mol. The number of pyridine rings is 1. The first-order valence-electron chi connectivity index (χ1n) is 8.02. The Bertz CT molecular complexity index is 748. The highest BCUT2D eigenvalue weighted by Gasteiger charge is 2.49. The van der Waals surface area contributed by atoms with Gasteiger partial charge in [0.25, 0.3) is 5.91 Å². The van der Waals surface area contributed by atoms with Crippen molar-refractivity contribution in [2.45, 2.75) is 25.9 Å². The van der Waals surface area contributed by atoms with Crippen LogP contribution >= 0.6 is 0 Å². The van der Waals surface area contributed by atoms with Crippen molar-refractivity contribution in [1.82, 2.24) is 14.8 Å². The number of carbonyl (C=O) groups excluding carboxylic acids is 2. The Morgan fingerprint density at radius 2 is 1.62 bits per heavy atom. The highest BCUT2D eigenvalue weighted by atomic mass is 32.2. The second-order valence-corrected chi connectivity index (χ2v) is 8.79. The summed E-state index contributed by atoms with van der Waals surface area (Å²) >= 11 is 0. The van der Waals surface area contributed by atoms with Crippen LogP contribution in [0.1, 0.15) is 24.2 Å². The SMILES string of the molecule is CC(C)C(=O)N1CCN(C(=O)c2ccncc2)[C@H]2CS(=O)(=O)C[C@H]21. The van der Waals surface area contributed by atoms with Crippen molar-refractivity contribution >= 4 is 21.7 Å². The molecule has 1 aromatic heterocycles. The molecule has 24 heavy (non-hydrogen) atoms. The van der Waals surface area contributed by atoms with Crippen molar-refractivity contribution in [2.24, 2.45) is 5.92 Å². The van der Waals surface area contributed by atoms with E-state index in [9.17, 15) is 18.0 Å². The molecule has 0 aromatic carbocycles. The Morgan fingerprint density at radius 3 is 2.21 bits per heavy atom. The van der Waals surface area contributed by atoms with E-state index < -0.39 is 21.9 Å². The maximum atomic E-state index is 12.8. The predicted molar refractivity (Wildman–Crippen MR) is 88.1 cm³/mol. The van der Waals surface area contributed by atoms with E-state index in [0.717, 1.165) is 0 Å². The number of fused-ring (bicyclic) bond motifs is 1. The van der Waals surface area contributed by atoms with Crippen LogP contribution in [0.2, 0.25) is 0 Å². The van der Waals surface area contributed by atoms with E-state index in [0.29, 0.717) is 18.7 Å². The minimum Gasteiger partial charge on any atom is -0.335 e. The first-order valence-corrected chi connectivity index (χ1v) is 9.84. The van der Waals surface area contributed by atoms with E-state index in [-0.39, 0.29) is 29.2 Å². The van der Waals surface area contributed by atoms with Gasteiger partial charge in [-0.3, -0.25) is 14.6 Å². The van der Waals surface area contributed by atoms with Crippen molar-refractivity contribution in [3.63, 3.8) is 0 Å². The molecular formula is C16H21N3O4S. The third kappa shape index (κ3) is 3.02. The number of hydrogen-bond donors (Lipinski definition) is 0. The molecule has 0 aliphatic carbocycles. The van der Waals surface area contributed by atoms with Gasteiger partial charge in [-0.15, -0.1) is 0 Å². The molecule has 7 nitrogen and oxygen atoms in total. The number of aromatic nitrogens is 1. The molecule has 0 bridgehead atoms. The molecule has 0 spiro atoms. The first-order chi connectivity index (χ1) is 11.3. The molecule has 0 unspecified atom stereocenters. The number of amides is 2. The zero-order valence-corrected chi connectivity index (χ0v) is 14.6. The van der Waals surface area contributed by atoms with Crippen molar-refractivity contribution in [2.75, 3.05) is 24.6 Å². The van der Waals surface area contributed by atoms with Crippen LogP contribution in [0, 0.1) is 5.92 Å². The Labute approximate surface area is 141 Å². The molecule has 0 N–H and O–H groups in total. The summed E-state index contributed by atoms with van der Waals surface area (Å²) in [4.78, 5) is 32.3. The molecule has 3 rings (SSSR count). The highest BCUT2D eigenvalue weighted by molar-refractivity contribution is 7.91. The van der Waals surface area contributed by atoms with Gasteiger partial charge in [0.15, 0.2) is 9.84 Å². The molecule has 3 heterocycles.